The molecule has 6 atom stereocenters. The van der Waals surface area contributed by atoms with Gasteiger partial charge in [0, 0.05) is 13.0 Å². The quantitative estimate of drug-likeness (QED) is 0.0268. The summed E-state index contributed by atoms with van der Waals surface area (Å²) in [5, 5.41) is 40.2. The molecule has 0 aromatic heterocycles. The van der Waals surface area contributed by atoms with Crippen LogP contribution in [-0.2, 0) is 23.7 Å². The summed E-state index contributed by atoms with van der Waals surface area (Å²) in [6.45, 7) is 4.43. The van der Waals surface area contributed by atoms with Gasteiger partial charge in [-0.25, -0.2) is 0 Å². The van der Waals surface area contributed by atoms with Gasteiger partial charge in [0.2, 0.25) is 0 Å². The molecule has 62 heavy (non-hydrogen) atoms. The second-order valence-corrected chi connectivity index (χ2v) is 17.2. The van der Waals surface area contributed by atoms with E-state index in [0.29, 0.717) is 13.0 Å². The largest absolute Gasteiger partial charge is 0.457 e. The molecule has 0 spiro atoms. The molecular weight excluding hydrogens is 781 g/mol. The average molecular weight is 875 g/mol. The number of aliphatic hydroxyl groups is 4. The summed E-state index contributed by atoms with van der Waals surface area (Å²) in [4.78, 5) is 12.8. The predicted octanol–water partition coefficient (Wildman–Crippen LogP) is 12.3. The third kappa shape index (κ3) is 34.3. The monoisotopic (exact) mass is 875 g/mol. The number of carbonyl (C=O) groups is 1. The first-order valence-electron chi connectivity index (χ1n) is 25.4. The second-order valence-electron chi connectivity index (χ2n) is 17.2. The lowest BCUT2D eigenvalue weighted by Crippen LogP contribution is -2.59. The molecule has 9 nitrogen and oxygen atoms in total. The minimum absolute atomic E-state index is 0.119. The molecule has 1 aliphatic rings. The van der Waals surface area contributed by atoms with Crippen molar-refractivity contribution in [3.8, 4) is 0 Å². The zero-order valence-corrected chi connectivity index (χ0v) is 39.6. The number of rotatable bonds is 43. The summed E-state index contributed by atoms with van der Waals surface area (Å²) in [6, 6.07) is 0. The molecule has 1 rings (SSSR count). The van der Waals surface area contributed by atoms with Gasteiger partial charge in [-0.1, -0.05) is 184 Å². The maximum atomic E-state index is 12.8. The Bertz CT molecular complexity index is 1130. The number of ether oxygens (including phenoxy) is 4. The van der Waals surface area contributed by atoms with Crippen LogP contribution >= 0.6 is 0 Å². The lowest BCUT2D eigenvalue weighted by molar-refractivity contribution is -0.305. The third-order valence-corrected chi connectivity index (χ3v) is 11.4. The van der Waals surface area contributed by atoms with E-state index in [2.05, 4.69) is 74.6 Å². The van der Waals surface area contributed by atoms with Gasteiger partial charge in [-0.3, -0.25) is 4.79 Å². The van der Waals surface area contributed by atoms with Gasteiger partial charge in [-0.2, -0.15) is 0 Å². The molecular formula is C53H94O9. The molecule has 4 N–H and O–H groups in total. The highest BCUT2D eigenvalue weighted by molar-refractivity contribution is 5.69. The van der Waals surface area contributed by atoms with Gasteiger partial charge in [0.25, 0.3) is 0 Å². The molecule has 1 saturated heterocycles. The predicted molar refractivity (Wildman–Crippen MR) is 256 cm³/mol. The van der Waals surface area contributed by atoms with Gasteiger partial charge >= 0.3 is 5.97 Å². The Morgan fingerprint density at radius 2 is 0.984 bits per heavy atom. The number of hydrogen-bond donors (Lipinski definition) is 4. The number of unbranched alkanes of at least 4 members (excludes halogenated alkanes) is 22. The molecule has 1 heterocycles. The van der Waals surface area contributed by atoms with E-state index in [1.54, 1.807) is 0 Å². The second kappa shape index (κ2) is 44.1. The Morgan fingerprint density at radius 1 is 0.532 bits per heavy atom. The van der Waals surface area contributed by atoms with Gasteiger partial charge in [-0.15, -0.1) is 0 Å². The van der Waals surface area contributed by atoms with Crippen molar-refractivity contribution in [2.24, 2.45) is 0 Å². The van der Waals surface area contributed by atoms with Crippen molar-refractivity contribution in [1.29, 1.82) is 0 Å². The average Bonchev–Trinajstić information content (AvgIpc) is 3.27. The Hall–Kier alpha value is -2.11. The van der Waals surface area contributed by atoms with E-state index >= 15 is 0 Å². The number of aliphatic hydroxyl groups excluding tert-OH is 4. The van der Waals surface area contributed by atoms with Crippen LogP contribution in [0, 0.1) is 0 Å². The van der Waals surface area contributed by atoms with E-state index < -0.39 is 43.4 Å². The van der Waals surface area contributed by atoms with Crippen LogP contribution in [0.5, 0.6) is 0 Å². The van der Waals surface area contributed by atoms with Crippen LogP contribution < -0.4 is 0 Å². The normalized spacial score (nSPS) is 20.3. The third-order valence-electron chi connectivity index (χ3n) is 11.4. The molecule has 0 aromatic rings. The van der Waals surface area contributed by atoms with Crippen molar-refractivity contribution in [3.63, 3.8) is 0 Å². The molecule has 0 saturated carbocycles. The standard InChI is InChI=1S/C53H94O9/c1-3-5-7-9-11-13-15-17-19-21-22-23-24-25-26-27-28-30-32-34-36-38-40-42-49(55)61-47(46-60-53-52(58)51(57)50(56)48(44-54)62-53)45-59-43-41-39-37-35-33-31-29-20-18-16-14-12-10-8-6-4-2/h5,7,11,13,17-20,22-23,47-48,50-54,56-58H,3-4,6,8-10,12,14-16,21,24-46H2,1-2H3/b7-5-,13-11-,19-17-,20-18-,23-22-. The summed E-state index contributed by atoms with van der Waals surface area (Å²) in [5.41, 5.74) is 0. The number of esters is 1. The van der Waals surface area contributed by atoms with Crippen molar-refractivity contribution in [2.45, 2.75) is 243 Å². The highest BCUT2D eigenvalue weighted by Gasteiger charge is 2.44. The topological polar surface area (TPSA) is 135 Å². The first-order valence-corrected chi connectivity index (χ1v) is 25.4. The minimum atomic E-state index is -1.54. The molecule has 9 heteroatoms. The fraction of sp³-hybridized carbons (Fsp3) is 0.792. The van der Waals surface area contributed by atoms with Crippen LogP contribution in [0.25, 0.3) is 0 Å². The number of allylic oxidation sites excluding steroid dienone is 10. The lowest BCUT2D eigenvalue weighted by Gasteiger charge is -2.39. The fourth-order valence-corrected chi connectivity index (χ4v) is 7.48. The zero-order chi connectivity index (χ0) is 45.0. The SMILES string of the molecule is CC/C=C\C/C=C\C/C=C\C/C=C\CCCCCCCCCCCCC(=O)OC(COCCCCCCCC/C=C\CCCCCCCC)COC1OC(CO)C(O)C(O)C1O. The Morgan fingerprint density at radius 3 is 1.50 bits per heavy atom. The first-order chi connectivity index (χ1) is 30.4. The van der Waals surface area contributed by atoms with Crippen molar-refractivity contribution in [2.75, 3.05) is 26.4 Å². The van der Waals surface area contributed by atoms with Crippen molar-refractivity contribution in [1.82, 2.24) is 0 Å². The first kappa shape index (κ1) is 57.9. The molecule has 0 amide bonds. The molecule has 1 aliphatic heterocycles. The molecule has 360 valence electrons. The molecule has 6 unspecified atom stereocenters. The Labute approximate surface area is 379 Å². The van der Waals surface area contributed by atoms with Crippen LogP contribution in [0.15, 0.2) is 60.8 Å². The van der Waals surface area contributed by atoms with Crippen LogP contribution in [0.4, 0.5) is 0 Å². The molecule has 0 aromatic carbocycles. The summed E-state index contributed by atoms with van der Waals surface area (Å²) in [7, 11) is 0. The summed E-state index contributed by atoms with van der Waals surface area (Å²) in [6.07, 6.45) is 49.6. The van der Waals surface area contributed by atoms with Crippen molar-refractivity contribution >= 4 is 5.97 Å². The van der Waals surface area contributed by atoms with E-state index in [4.69, 9.17) is 18.9 Å². The summed E-state index contributed by atoms with van der Waals surface area (Å²) in [5.74, 6) is -0.321. The Balaban J connectivity index is 2.21. The smallest absolute Gasteiger partial charge is 0.306 e. The fourth-order valence-electron chi connectivity index (χ4n) is 7.48. The zero-order valence-electron chi connectivity index (χ0n) is 39.6. The van der Waals surface area contributed by atoms with Gasteiger partial charge in [0.15, 0.2) is 6.29 Å². The van der Waals surface area contributed by atoms with Crippen molar-refractivity contribution in [3.05, 3.63) is 60.8 Å². The van der Waals surface area contributed by atoms with Gasteiger partial charge in [-0.05, 0) is 77.0 Å². The van der Waals surface area contributed by atoms with E-state index in [1.165, 1.54) is 116 Å². The van der Waals surface area contributed by atoms with Gasteiger partial charge in [0.05, 0.1) is 19.8 Å². The highest BCUT2D eigenvalue weighted by atomic mass is 16.7. The molecule has 0 bridgehead atoms. The molecule has 1 fully saturated rings. The molecule has 0 aliphatic carbocycles. The van der Waals surface area contributed by atoms with Crippen LogP contribution in [0.2, 0.25) is 0 Å². The maximum absolute atomic E-state index is 12.8. The lowest BCUT2D eigenvalue weighted by atomic mass is 9.99. The van der Waals surface area contributed by atoms with E-state index in [0.717, 1.165) is 70.6 Å². The molecule has 0 radical (unpaired) electrons. The summed E-state index contributed by atoms with van der Waals surface area (Å²) >= 11 is 0. The van der Waals surface area contributed by atoms with E-state index in [-0.39, 0.29) is 19.2 Å². The number of carbonyl (C=O) groups excluding carboxylic acids is 1. The number of hydrogen-bond acceptors (Lipinski definition) is 9. The highest BCUT2D eigenvalue weighted by Crippen LogP contribution is 2.23. The summed E-state index contributed by atoms with van der Waals surface area (Å²) < 4.78 is 22.9. The van der Waals surface area contributed by atoms with E-state index in [1.807, 2.05) is 0 Å². The maximum Gasteiger partial charge on any atom is 0.306 e. The van der Waals surface area contributed by atoms with Crippen LogP contribution in [0.1, 0.15) is 206 Å². The van der Waals surface area contributed by atoms with Crippen LogP contribution in [0.3, 0.4) is 0 Å². The van der Waals surface area contributed by atoms with Crippen LogP contribution in [-0.4, -0.2) is 89.6 Å². The van der Waals surface area contributed by atoms with Gasteiger partial charge in [0.1, 0.15) is 30.5 Å². The van der Waals surface area contributed by atoms with Crippen molar-refractivity contribution < 1.29 is 44.2 Å². The Kier molecular flexibility index (Phi) is 41.2. The minimum Gasteiger partial charge on any atom is -0.457 e. The van der Waals surface area contributed by atoms with Gasteiger partial charge < -0.3 is 39.4 Å². The van der Waals surface area contributed by atoms with E-state index in [9.17, 15) is 25.2 Å².